The van der Waals surface area contributed by atoms with Crippen molar-refractivity contribution in [2.45, 2.75) is 12.3 Å². The average molecular weight is 367 g/mol. The van der Waals surface area contributed by atoms with Crippen molar-refractivity contribution in [1.29, 1.82) is 0 Å². The van der Waals surface area contributed by atoms with Crippen molar-refractivity contribution in [3.63, 3.8) is 0 Å². The van der Waals surface area contributed by atoms with Gasteiger partial charge in [-0.15, -0.1) is 17.0 Å². The van der Waals surface area contributed by atoms with Crippen LogP contribution in [0.3, 0.4) is 0 Å². The summed E-state index contributed by atoms with van der Waals surface area (Å²) >= 11 is 3.47. The minimum Gasteiger partial charge on any atom is -0.496 e. The summed E-state index contributed by atoms with van der Waals surface area (Å²) in [6.45, 7) is 2.09. The Morgan fingerprint density at radius 3 is 2.47 bits per heavy atom. The molecular weight excluding hydrogens is 350 g/mol. The Hall–Kier alpha value is -0.260. The average Bonchev–Trinajstić information content (AvgIpc) is 2.82. The van der Waals surface area contributed by atoms with Gasteiger partial charge in [-0.1, -0.05) is 0 Å². The highest BCUT2D eigenvalue weighted by Crippen LogP contribution is 2.38. The van der Waals surface area contributed by atoms with Gasteiger partial charge in [-0.3, -0.25) is 0 Å². The number of methoxy groups -OCH3 is 2. The second-order valence-corrected chi connectivity index (χ2v) is 4.77. The van der Waals surface area contributed by atoms with E-state index in [0.29, 0.717) is 5.92 Å². The number of nitrogens with one attached hydrogen (secondary N) is 1. The molecule has 1 fully saturated rings. The number of benzene rings is 1. The van der Waals surface area contributed by atoms with Crippen LogP contribution in [0.4, 0.5) is 0 Å². The lowest BCUT2D eigenvalue weighted by atomic mass is 9.97. The first kappa shape index (κ1) is 14.8. The lowest BCUT2D eigenvalue weighted by molar-refractivity contribution is 0.394. The largest absolute Gasteiger partial charge is 0.496 e. The van der Waals surface area contributed by atoms with Gasteiger partial charge in [-0.2, -0.15) is 0 Å². The van der Waals surface area contributed by atoms with Crippen molar-refractivity contribution in [2.24, 2.45) is 0 Å². The van der Waals surface area contributed by atoms with E-state index in [4.69, 9.17) is 9.47 Å². The van der Waals surface area contributed by atoms with Crippen LogP contribution in [0.15, 0.2) is 16.6 Å². The van der Waals surface area contributed by atoms with Crippen LogP contribution in [0.5, 0.6) is 11.5 Å². The normalized spacial score (nSPS) is 18.6. The van der Waals surface area contributed by atoms with E-state index in [9.17, 15) is 0 Å². The van der Waals surface area contributed by atoms with E-state index < -0.39 is 0 Å². The molecule has 0 aromatic heterocycles. The molecule has 1 heterocycles. The Morgan fingerprint density at radius 1 is 1.24 bits per heavy atom. The van der Waals surface area contributed by atoms with Gasteiger partial charge in [0.25, 0.3) is 0 Å². The maximum absolute atomic E-state index is 5.42. The van der Waals surface area contributed by atoms with Crippen LogP contribution in [0.1, 0.15) is 17.9 Å². The molecule has 1 aromatic rings. The van der Waals surface area contributed by atoms with Gasteiger partial charge >= 0.3 is 0 Å². The highest BCUT2D eigenvalue weighted by atomic mass is 79.9. The summed E-state index contributed by atoms with van der Waals surface area (Å²) in [5.41, 5.74) is 1.23. The molecular formula is C12H17Br2NO2. The second kappa shape index (κ2) is 6.61. The fourth-order valence-electron chi connectivity index (χ4n) is 2.12. The monoisotopic (exact) mass is 365 g/mol. The van der Waals surface area contributed by atoms with Gasteiger partial charge in [0.15, 0.2) is 0 Å². The van der Waals surface area contributed by atoms with Crippen LogP contribution in [-0.4, -0.2) is 27.3 Å². The zero-order valence-electron chi connectivity index (χ0n) is 9.96. The lowest BCUT2D eigenvalue weighted by Crippen LogP contribution is -2.09. The highest BCUT2D eigenvalue weighted by Gasteiger charge is 2.21. The third kappa shape index (κ3) is 3.14. The molecule has 2 rings (SSSR count). The number of halogens is 2. The third-order valence-electron chi connectivity index (χ3n) is 3.00. The molecule has 17 heavy (non-hydrogen) atoms. The predicted octanol–water partition coefficient (Wildman–Crippen LogP) is 3.12. The van der Waals surface area contributed by atoms with E-state index in [2.05, 4.69) is 27.3 Å². The van der Waals surface area contributed by atoms with Gasteiger partial charge in [0.1, 0.15) is 11.5 Å². The van der Waals surface area contributed by atoms with E-state index in [1.54, 1.807) is 14.2 Å². The smallest absolute Gasteiger partial charge is 0.133 e. The quantitative estimate of drug-likeness (QED) is 0.891. The number of rotatable bonds is 3. The van der Waals surface area contributed by atoms with Crippen molar-refractivity contribution in [2.75, 3.05) is 27.3 Å². The van der Waals surface area contributed by atoms with Crippen LogP contribution in [0.2, 0.25) is 0 Å². The van der Waals surface area contributed by atoms with Gasteiger partial charge in [-0.05, 0) is 41.0 Å². The molecule has 0 radical (unpaired) electrons. The molecule has 1 saturated heterocycles. The van der Waals surface area contributed by atoms with Gasteiger partial charge in [0.2, 0.25) is 0 Å². The first-order valence-electron chi connectivity index (χ1n) is 5.38. The van der Waals surface area contributed by atoms with Crippen molar-refractivity contribution in [1.82, 2.24) is 5.32 Å². The zero-order valence-corrected chi connectivity index (χ0v) is 13.3. The van der Waals surface area contributed by atoms with Crippen LogP contribution in [0.25, 0.3) is 0 Å². The maximum Gasteiger partial charge on any atom is 0.133 e. The summed E-state index contributed by atoms with van der Waals surface area (Å²) in [6, 6.07) is 4.05. The molecule has 0 saturated carbocycles. The van der Waals surface area contributed by atoms with Gasteiger partial charge in [0.05, 0.1) is 18.7 Å². The molecule has 1 aliphatic heterocycles. The van der Waals surface area contributed by atoms with Crippen LogP contribution < -0.4 is 14.8 Å². The number of ether oxygens (including phenoxy) is 2. The first-order chi connectivity index (χ1) is 7.76. The fourth-order valence-corrected chi connectivity index (χ4v) is 2.61. The zero-order chi connectivity index (χ0) is 11.5. The topological polar surface area (TPSA) is 30.5 Å². The third-order valence-corrected chi connectivity index (χ3v) is 3.62. The Kier molecular flexibility index (Phi) is 5.76. The maximum atomic E-state index is 5.42. The highest BCUT2D eigenvalue weighted by molar-refractivity contribution is 9.10. The molecule has 0 aliphatic carbocycles. The molecule has 1 N–H and O–H groups in total. The summed E-state index contributed by atoms with van der Waals surface area (Å²) in [5, 5.41) is 3.37. The van der Waals surface area contributed by atoms with Crippen LogP contribution >= 0.6 is 32.9 Å². The Bertz CT molecular complexity index is 379. The van der Waals surface area contributed by atoms with Crippen molar-refractivity contribution in [3.05, 3.63) is 22.2 Å². The second-order valence-electron chi connectivity index (χ2n) is 3.92. The molecule has 0 unspecified atom stereocenters. The van der Waals surface area contributed by atoms with Crippen LogP contribution in [0, 0.1) is 0 Å². The predicted molar refractivity (Wildman–Crippen MR) is 77.8 cm³/mol. The summed E-state index contributed by atoms with van der Waals surface area (Å²) < 4.78 is 11.7. The Labute approximate surface area is 121 Å². The lowest BCUT2D eigenvalue weighted by Gasteiger charge is -2.16. The van der Waals surface area contributed by atoms with E-state index in [0.717, 1.165) is 35.5 Å². The van der Waals surface area contributed by atoms with E-state index >= 15 is 0 Å². The van der Waals surface area contributed by atoms with Crippen molar-refractivity contribution in [3.8, 4) is 11.5 Å². The van der Waals surface area contributed by atoms with Gasteiger partial charge in [-0.25, -0.2) is 0 Å². The van der Waals surface area contributed by atoms with Crippen molar-refractivity contribution < 1.29 is 9.47 Å². The molecule has 96 valence electrons. The molecule has 0 spiro atoms. The molecule has 1 aliphatic rings. The molecule has 0 bridgehead atoms. The summed E-state index contributed by atoms with van der Waals surface area (Å²) in [6.07, 6.45) is 1.15. The minimum absolute atomic E-state index is 0. The van der Waals surface area contributed by atoms with E-state index in [1.165, 1.54) is 5.56 Å². The Morgan fingerprint density at radius 2 is 1.94 bits per heavy atom. The van der Waals surface area contributed by atoms with E-state index in [-0.39, 0.29) is 17.0 Å². The van der Waals surface area contributed by atoms with E-state index in [1.807, 2.05) is 6.07 Å². The van der Waals surface area contributed by atoms with Gasteiger partial charge < -0.3 is 14.8 Å². The SMILES string of the molecule is Br.COc1cc([C@@H]2CCNC2)c(OC)cc1Br. The first-order valence-corrected chi connectivity index (χ1v) is 6.17. The fraction of sp³-hybridized carbons (Fsp3) is 0.500. The Balaban J connectivity index is 0.00000144. The summed E-state index contributed by atoms with van der Waals surface area (Å²) in [4.78, 5) is 0. The van der Waals surface area contributed by atoms with Crippen molar-refractivity contribution >= 4 is 32.9 Å². The van der Waals surface area contributed by atoms with Crippen LogP contribution in [-0.2, 0) is 0 Å². The summed E-state index contributed by atoms with van der Waals surface area (Å²) in [7, 11) is 3.39. The molecule has 5 heteroatoms. The molecule has 3 nitrogen and oxygen atoms in total. The number of hydrogen-bond donors (Lipinski definition) is 1. The molecule has 1 aromatic carbocycles. The molecule has 0 amide bonds. The standard InChI is InChI=1S/C12H16BrNO2.BrH/c1-15-11-6-10(13)12(16-2)5-9(11)8-3-4-14-7-8;/h5-6,8,14H,3-4,7H2,1-2H3;1H/t8-;/m1./s1. The van der Waals surface area contributed by atoms with Gasteiger partial charge in [0, 0.05) is 18.0 Å². The number of hydrogen-bond acceptors (Lipinski definition) is 3. The molecule has 1 atom stereocenters. The minimum atomic E-state index is 0. The summed E-state index contributed by atoms with van der Waals surface area (Å²) in [5.74, 6) is 2.32.